The smallest absolute Gasteiger partial charge is 0.306 e. The van der Waals surface area contributed by atoms with Crippen LogP contribution in [0.25, 0.3) is 0 Å². The highest BCUT2D eigenvalue weighted by atomic mass is 16.6. The van der Waals surface area contributed by atoms with Gasteiger partial charge >= 0.3 is 17.9 Å². The summed E-state index contributed by atoms with van der Waals surface area (Å²) >= 11 is 0. The first-order valence-electron chi connectivity index (χ1n) is 34.6. The van der Waals surface area contributed by atoms with E-state index in [2.05, 4.69) is 69.4 Å². The Bertz CT molecular complexity index is 1350. The molecule has 6 nitrogen and oxygen atoms in total. The van der Waals surface area contributed by atoms with Gasteiger partial charge in [0.1, 0.15) is 13.2 Å². The lowest BCUT2D eigenvalue weighted by atomic mass is 10.0. The number of esters is 3. The van der Waals surface area contributed by atoms with Crippen molar-refractivity contribution in [2.45, 2.75) is 380 Å². The third kappa shape index (κ3) is 64.2. The topological polar surface area (TPSA) is 78.9 Å². The fraction of sp³-hybridized carbons (Fsp3) is 0.847. The summed E-state index contributed by atoms with van der Waals surface area (Å²) in [6.07, 6.45) is 84.4. The van der Waals surface area contributed by atoms with Gasteiger partial charge in [-0.2, -0.15) is 0 Å². The second kappa shape index (κ2) is 66.9. The highest BCUT2D eigenvalue weighted by molar-refractivity contribution is 5.71. The van der Waals surface area contributed by atoms with Gasteiger partial charge in [0.15, 0.2) is 6.10 Å². The zero-order chi connectivity index (χ0) is 56.4. The maximum Gasteiger partial charge on any atom is 0.306 e. The first-order valence-corrected chi connectivity index (χ1v) is 34.6. The Balaban J connectivity index is 4.14. The van der Waals surface area contributed by atoms with Gasteiger partial charge in [0.05, 0.1) is 0 Å². The molecule has 0 spiro atoms. The number of carbonyl (C=O) groups excluding carboxylic acids is 3. The van der Waals surface area contributed by atoms with Crippen LogP contribution in [-0.4, -0.2) is 37.2 Å². The van der Waals surface area contributed by atoms with E-state index >= 15 is 0 Å². The van der Waals surface area contributed by atoms with Crippen LogP contribution >= 0.6 is 0 Å². The van der Waals surface area contributed by atoms with E-state index in [-0.39, 0.29) is 31.1 Å². The molecule has 0 saturated heterocycles. The number of allylic oxidation sites excluding steroid dienone is 8. The highest BCUT2D eigenvalue weighted by Crippen LogP contribution is 2.18. The predicted molar refractivity (Wildman–Crippen MR) is 339 cm³/mol. The highest BCUT2D eigenvalue weighted by Gasteiger charge is 2.19. The summed E-state index contributed by atoms with van der Waals surface area (Å²) in [5, 5.41) is 0. The molecule has 1 atom stereocenters. The first-order chi connectivity index (χ1) is 38.5. The van der Waals surface area contributed by atoms with Crippen LogP contribution in [0, 0.1) is 0 Å². The molecule has 0 aromatic carbocycles. The molecule has 0 aromatic heterocycles. The fourth-order valence-electron chi connectivity index (χ4n) is 10.3. The molecule has 0 radical (unpaired) electrons. The Morgan fingerprint density at radius 2 is 0.474 bits per heavy atom. The number of unbranched alkanes of at least 4 members (excludes halogenated alkanes) is 45. The molecular weight excluding hydrogens is 961 g/mol. The molecule has 78 heavy (non-hydrogen) atoms. The van der Waals surface area contributed by atoms with Gasteiger partial charge in [-0.25, -0.2) is 0 Å². The molecule has 0 saturated carbocycles. The summed E-state index contributed by atoms with van der Waals surface area (Å²) in [6.45, 7) is 6.61. The lowest BCUT2D eigenvalue weighted by molar-refractivity contribution is -0.167. The van der Waals surface area contributed by atoms with Gasteiger partial charge in [-0.1, -0.05) is 326 Å². The number of carbonyl (C=O) groups is 3. The molecular formula is C72H132O6. The summed E-state index contributed by atoms with van der Waals surface area (Å²) in [7, 11) is 0. The van der Waals surface area contributed by atoms with Gasteiger partial charge in [-0.3, -0.25) is 14.4 Å². The molecule has 0 N–H and O–H groups in total. The summed E-state index contributed by atoms with van der Waals surface area (Å²) in [5.74, 6) is -0.880. The average Bonchev–Trinajstić information content (AvgIpc) is 3.44. The zero-order valence-electron chi connectivity index (χ0n) is 52.5. The molecule has 0 aliphatic carbocycles. The lowest BCUT2D eigenvalue weighted by Crippen LogP contribution is -2.30. The van der Waals surface area contributed by atoms with Gasteiger partial charge in [0.2, 0.25) is 0 Å². The second-order valence-corrected chi connectivity index (χ2v) is 23.4. The van der Waals surface area contributed by atoms with Crippen molar-refractivity contribution in [1.29, 1.82) is 0 Å². The van der Waals surface area contributed by atoms with Gasteiger partial charge in [-0.05, 0) is 77.0 Å². The van der Waals surface area contributed by atoms with Crippen LogP contribution in [0.2, 0.25) is 0 Å². The molecule has 0 fully saturated rings. The van der Waals surface area contributed by atoms with E-state index < -0.39 is 6.10 Å². The number of hydrogen-bond donors (Lipinski definition) is 0. The molecule has 0 heterocycles. The molecule has 0 aliphatic rings. The van der Waals surface area contributed by atoms with E-state index in [1.165, 1.54) is 244 Å². The second-order valence-electron chi connectivity index (χ2n) is 23.4. The summed E-state index contributed by atoms with van der Waals surface area (Å²) in [4.78, 5) is 38.3. The molecule has 0 aliphatic heterocycles. The molecule has 0 aromatic rings. The Labute approximate surface area is 486 Å². The van der Waals surface area contributed by atoms with Crippen molar-refractivity contribution in [3.63, 3.8) is 0 Å². The minimum Gasteiger partial charge on any atom is -0.462 e. The standard InChI is InChI=1S/C72H132O6/c1-4-7-10-13-16-19-22-24-26-28-30-31-32-33-34-35-36-37-38-39-40-42-43-45-47-50-53-56-59-62-65-71(74)77-68-69(67-76-70(73)64-61-58-55-52-49-21-18-15-12-9-6-3)78-72(75)66-63-60-57-54-51-48-46-44-41-29-27-25-23-20-17-14-11-8-5-2/h15,17-18,20,25,27,41,44,69H,4-14,16,19,21-24,26,28-40,42-43,45-68H2,1-3H3/b18-15-,20-17-,27-25-,44-41-. The Morgan fingerprint density at radius 3 is 0.795 bits per heavy atom. The van der Waals surface area contributed by atoms with Gasteiger partial charge in [-0.15, -0.1) is 0 Å². The molecule has 0 amide bonds. The van der Waals surface area contributed by atoms with E-state index in [4.69, 9.17) is 14.2 Å². The summed E-state index contributed by atoms with van der Waals surface area (Å²) in [6, 6.07) is 0. The lowest BCUT2D eigenvalue weighted by Gasteiger charge is -2.18. The van der Waals surface area contributed by atoms with Crippen molar-refractivity contribution in [3.05, 3.63) is 48.6 Å². The van der Waals surface area contributed by atoms with E-state index in [0.29, 0.717) is 19.3 Å². The van der Waals surface area contributed by atoms with Crippen molar-refractivity contribution in [1.82, 2.24) is 0 Å². The molecule has 0 rings (SSSR count). The summed E-state index contributed by atoms with van der Waals surface area (Å²) < 4.78 is 16.9. The maximum atomic E-state index is 12.9. The van der Waals surface area contributed by atoms with Crippen LogP contribution < -0.4 is 0 Å². The van der Waals surface area contributed by atoms with Crippen molar-refractivity contribution < 1.29 is 28.6 Å². The number of rotatable bonds is 64. The third-order valence-electron chi connectivity index (χ3n) is 15.6. The Hall–Kier alpha value is -2.63. The maximum absolute atomic E-state index is 12.9. The molecule has 0 bridgehead atoms. The minimum absolute atomic E-state index is 0.0778. The molecule has 456 valence electrons. The third-order valence-corrected chi connectivity index (χ3v) is 15.6. The Kier molecular flexibility index (Phi) is 64.6. The molecule has 1 unspecified atom stereocenters. The zero-order valence-corrected chi connectivity index (χ0v) is 52.5. The summed E-state index contributed by atoms with van der Waals surface area (Å²) in [5.41, 5.74) is 0. The fourth-order valence-corrected chi connectivity index (χ4v) is 10.3. The monoisotopic (exact) mass is 1090 g/mol. The SMILES string of the molecule is CCCC/C=C\CCCCCCCC(=O)OCC(COC(=O)CCCCCCCCCCCCCCCCCCCCCCCCCCCCCCCC)OC(=O)CCCCCCCC/C=C\C/C=C\C/C=C\CCCCC. The van der Waals surface area contributed by atoms with E-state index in [1.807, 2.05) is 0 Å². The van der Waals surface area contributed by atoms with Crippen LogP contribution in [0.3, 0.4) is 0 Å². The van der Waals surface area contributed by atoms with Gasteiger partial charge in [0.25, 0.3) is 0 Å². The largest absolute Gasteiger partial charge is 0.462 e. The van der Waals surface area contributed by atoms with Crippen LogP contribution in [0.1, 0.15) is 374 Å². The van der Waals surface area contributed by atoms with Gasteiger partial charge in [0, 0.05) is 19.3 Å². The van der Waals surface area contributed by atoms with Crippen molar-refractivity contribution in [2.24, 2.45) is 0 Å². The quantitative estimate of drug-likeness (QED) is 0.0261. The van der Waals surface area contributed by atoms with Crippen LogP contribution in [-0.2, 0) is 28.6 Å². The van der Waals surface area contributed by atoms with Crippen molar-refractivity contribution >= 4 is 17.9 Å². The number of hydrogen-bond acceptors (Lipinski definition) is 6. The van der Waals surface area contributed by atoms with Crippen LogP contribution in [0.5, 0.6) is 0 Å². The number of ether oxygens (including phenoxy) is 3. The first kappa shape index (κ1) is 75.4. The minimum atomic E-state index is -0.782. The molecule has 6 heteroatoms. The predicted octanol–water partition coefficient (Wildman–Crippen LogP) is 23.7. The van der Waals surface area contributed by atoms with E-state index in [1.54, 1.807) is 0 Å². The van der Waals surface area contributed by atoms with E-state index in [9.17, 15) is 14.4 Å². The van der Waals surface area contributed by atoms with E-state index in [0.717, 1.165) is 89.9 Å². The normalized spacial score (nSPS) is 12.3. The van der Waals surface area contributed by atoms with Gasteiger partial charge < -0.3 is 14.2 Å². The van der Waals surface area contributed by atoms with Crippen LogP contribution in [0.15, 0.2) is 48.6 Å². The van der Waals surface area contributed by atoms with Crippen molar-refractivity contribution in [2.75, 3.05) is 13.2 Å². The Morgan fingerprint density at radius 1 is 0.256 bits per heavy atom. The average molecular weight is 1090 g/mol. The van der Waals surface area contributed by atoms with Crippen LogP contribution in [0.4, 0.5) is 0 Å². The van der Waals surface area contributed by atoms with Crippen molar-refractivity contribution in [3.8, 4) is 0 Å².